The summed E-state index contributed by atoms with van der Waals surface area (Å²) in [5, 5.41) is 0. The molecule has 0 rings (SSSR count). The van der Waals surface area contributed by atoms with E-state index in [1.807, 2.05) is 0 Å². The molecule has 0 fully saturated rings. The summed E-state index contributed by atoms with van der Waals surface area (Å²) in [6.07, 6.45) is 0. The Labute approximate surface area is 48.6 Å². The van der Waals surface area contributed by atoms with Gasteiger partial charge in [-0.05, 0) is 0 Å². The molecule has 0 unspecified atom stereocenters. The van der Waals surface area contributed by atoms with Gasteiger partial charge < -0.3 is 0 Å². The molecule has 4 heavy (non-hydrogen) atoms. The van der Waals surface area contributed by atoms with Crippen molar-refractivity contribution in [1.29, 1.82) is 0 Å². The zero-order chi connectivity index (χ0) is 3.58. The van der Waals surface area contributed by atoms with Gasteiger partial charge in [-0.3, -0.25) is 0 Å². The van der Waals surface area contributed by atoms with Crippen molar-refractivity contribution in [2.45, 2.75) is 2.85 Å². The summed E-state index contributed by atoms with van der Waals surface area (Å²) in [5.41, 5.74) is 0. The van der Waals surface area contributed by atoms with Crippen molar-refractivity contribution in [3.05, 3.63) is 0 Å². The fourth-order valence-electron chi connectivity index (χ4n) is 0. The molecule has 23 valence electrons. The summed E-state index contributed by atoms with van der Waals surface area (Å²) in [6.45, 7) is 0. The first kappa shape index (κ1) is 5.38. The van der Waals surface area contributed by atoms with Gasteiger partial charge in [0.2, 0.25) is 0 Å². The maximum atomic E-state index is 5.08. The molecule has 0 heterocycles. The third kappa shape index (κ3) is 10.1. The van der Waals surface area contributed by atoms with Crippen LogP contribution in [0.15, 0.2) is 0 Å². The van der Waals surface area contributed by atoms with Crippen molar-refractivity contribution in [3.8, 4) is 0 Å². The molecule has 0 aromatic rings. The van der Waals surface area contributed by atoms with Gasteiger partial charge in [0.25, 0.3) is 0 Å². The molecule has 3 heteroatoms. The van der Waals surface area contributed by atoms with E-state index in [9.17, 15) is 0 Å². The van der Waals surface area contributed by atoms with Crippen molar-refractivity contribution in [1.82, 2.24) is 0 Å². The minimum absolute atomic E-state index is 0.132. The maximum absolute atomic E-state index is 5.08. The molecule has 0 saturated heterocycles. The Morgan fingerprint density at radius 3 is 1.50 bits per heavy atom. The van der Waals surface area contributed by atoms with Crippen LogP contribution in [-0.2, 0) is 0 Å². The standard InChI is InChI=1S/CHCl2.Sn/c2-1-3;/h1H;. The Kier molecular flexibility index (Phi) is 3.51. The average Bonchev–Trinajstić information content (AvgIpc) is 0.811. The van der Waals surface area contributed by atoms with E-state index in [-0.39, 0.29) is 2.85 Å². The van der Waals surface area contributed by atoms with Crippen LogP contribution in [0.25, 0.3) is 0 Å². The molecule has 0 amide bonds. The quantitative estimate of drug-likeness (QED) is 0.405. The van der Waals surface area contributed by atoms with E-state index in [2.05, 4.69) is 0 Å². The Morgan fingerprint density at radius 1 is 1.50 bits per heavy atom. The predicted octanol–water partition coefficient (Wildman–Crippen LogP) is 0.916. The van der Waals surface area contributed by atoms with E-state index in [4.69, 9.17) is 23.2 Å². The first-order chi connectivity index (χ1) is 1.73. The Balaban J connectivity index is 2.32. The van der Waals surface area contributed by atoms with Crippen LogP contribution in [0.3, 0.4) is 0 Å². The first-order valence-corrected chi connectivity index (χ1v) is 3.25. The SMILES string of the molecule is Cl[CH](Cl)[Sn]. The van der Waals surface area contributed by atoms with Crippen LogP contribution in [0.5, 0.6) is 0 Å². The van der Waals surface area contributed by atoms with E-state index < -0.39 is 0 Å². The van der Waals surface area contributed by atoms with E-state index >= 15 is 0 Å². The minimum atomic E-state index is -0.132. The molecular formula is CHCl2Sn. The second-order valence-electron chi connectivity index (χ2n) is 0.301. The molecule has 0 spiro atoms. The molecule has 0 aliphatic carbocycles. The molecule has 0 aromatic carbocycles. The Morgan fingerprint density at radius 2 is 1.50 bits per heavy atom. The predicted molar refractivity (Wildman–Crippen MR) is 21.2 cm³/mol. The third-order valence-electron chi connectivity index (χ3n) is 0. The van der Waals surface area contributed by atoms with Gasteiger partial charge in [0.15, 0.2) is 0 Å². The van der Waals surface area contributed by atoms with E-state index in [1.165, 1.54) is 22.5 Å². The summed E-state index contributed by atoms with van der Waals surface area (Å²) in [6, 6.07) is 0. The number of alkyl halides is 2. The molecule has 0 aliphatic rings. The van der Waals surface area contributed by atoms with Crippen LogP contribution >= 0.6 is 23.2 Å². The van der Waals surface area contributed by atoms with Gasteiger partial charge in [-0.2, -0.15) is 0 Å². The fourth-order valence-corrected chi connectivity index (χ4v) is 0. The fraction of sp³-hybridized carbons (Fsp3) is 1.00. The first-order valence-electron chi connectivity index (χ1n) is 0.725. The van der Waals surface area contributed by atoms with Crippen LogP contribution in [0.1, 0.15) is 0 Å². The van der Waals surface area contributed by atoms with Gasteiger partial charge in [0, 0.05) is 0 Å². The summed E-state index contributed by atoms with van der Waals surface area (Å²) in [4.78, 5) is 0. The van der Waals surface area contributed by atoms with Crippen LogP contribution < -0.4 is 0 Å². The number of hydrogen-bond acceptors (Lipinski definition) is 0. The van der Waals surface area contributed by atoms with Crippen molar-refractivity contribution in [3.63, 3.8) is 0 Å². The molecule has 0 aliphatic heterocycles. The normalized spacial score (nSPS) is 9.00. The topological polar surface area (TPSA) is 0 Å². The summed E-state index contributed by atoms with van der Waals surface area (Å²) >= 11 is 11.3. The van der Waals surface area contributed by atoms with E-state index in [0.717, 1.165) is 0 Å². The molecule has 0 nitrogen and oxygen atoms in total. The molecule has 0 N–H and O–H groups in total. The summed E-state index contributed by atoms with van der Waals surface area (Å²) < 4.78 is -0.132. The summed E-state index contributed by atoms with van der Waals surface area (Å²) in [5.74, 6) is 0. The average molecular weight is 203 g/mol. The van der Waals surface area contributed by atoms with Crippen molar-refractivity contribution in [2.24, 2.45) is 0 Å². The van der Waals surface area contributed by atoms with Crippen molar-refractivity contribution >= 4 is 45.7 Å². The molecule has 0 atom stereocenters. The second-order valence-corrected chi connectivity index (χ2v) is 5.13. The summed E-state index contributed by atoms with van der Waals surface area (Å²) in [7, 11) is 0. The van der Waals surface area contributed by atoms with Gasteiger partial charge in [-0.25, -0.2) is 0 Å². The Bertz CT molecular complexity index is 10.8. The zero-order valence-electron chi connectivity index (χ0n) is 1.83. The van der Waals surface area contributed by atoms with E-state index in [1.54, 1.807) is 0 Å². The van der Waals surface area contributed by atoms with Gasteiger partial charge in [-0.1, -0.05) is 0 Å². The Hall–Kier alpha value is 1.38. The zero-order valence-corrected chi connectivity index (χ0v) is 6.20. The van der Waals surface area contributed by atoms with Crippen molar-refractivity contribution < 1.29 is 0 Å². The molecule has 0 bridgehead atoms. The third-order valence-corrected chi connectivity index (χ3v) is 0. The molecule has 0 aromatic heterocycles. The second kappa shape index (κ2) is 2.61. The number of rotatable bonds is 0. The number of hydrogen-bond donors (Lipinski definition) is 0. The van der Waals surface area contributed by atoms with Gasteiger partial charge in [0.05, 0.1) is 0 Å². The van der Waals surface area contributed by atoms with Gasteiger partial charge in [0.1, 0.15) is 0 Å². The van der Waals surface area contributed by atoms with Crippen LogP contribution in [-0.4, -0.2) is 25.4 Å². The molecule has 0 saturated carbocycles. The molecular weight excluding hydrogens is 202 g/mol. The van der Waals surface area contributed by atoms with Crippen molar-refractivity contribution in [2.75, 3.05) is 0 Å². The molecule has 3 radical (unpaired) electrons. The monoisotopic (exact) mass is 203 g/mol. The van der Waals surface area contributed by atoms with Crippen LogP contribution in [0.4, 0.5) is 0 Å². The van der Waals surface area contributed by atoms with Gasteiger partial charge >= 0.3 is 48.6 Å². The van der Waals surface area contributed by atoms with Gasteiger partial charge in [-0.15, -0.1) is 0 Å². The van der Waals surface area contributed by atoms with Crippen LogP contribution in [0.2, 0.25) is 0 Å². The van der Waals surface area contributed by atoms with E-state index in [0.29, 0.717) is 0 Å². The number of halogens is 2. The van der Waals surface area contributed by atoms with Crippen LogP contribution in [0, 0.1) is 0 Å².